The molecule has 1 aromatic carbocycles. The van der Waals surface area contributed by atoms with Gasteiger partial charge < -0.3 is 35.2 Å². The number of anilines is 5. The quantitative estimate of drug-likeness (QED) is 0.204. The summed E-state index contributed by atoms with van der Waals surface area (Å²) in [6, 6.07) is 13.1. The van der Waals surface area contributed by atoms with E-state index in [2.05, 4.69) is 77.6 Å². The molecule has 69 heavy (non-hydrogen) atoms. The third-order valence-corrected chi connectivity index (χ3v) is 15.7. The number of imide groups is 2. The molecule has 1 aliphatic carbocycles. The summed E-state index contributed by atoms with van der Waals surface area (Å²) in [4.78, 5) is 99.3. The molecule has 4 N–H and O–H groups in total. The molecule has 0 radical (unpaired) electrons. The zero-order valence-electron chi connectivity index (χ0n) is 39.6. The Hall–Kier alpha value is -6.82. The fourth-order valence-corrected chi connectivity index (χ4v) is 12.3. The van der Waals surface area contributed by atoms with Crippen molar-refractivity contribution < 1.29 is 28.8 Å². The Morgan fingerprint density at radius 3 is 2.26 bits per heavy atom. The zero-order valence-corrected chi connectivity index (χ0v) is 39.6. The van der Waals surface area contributed by atoms with Crippen LogP contribution in [-0.4, -0.2) is 141 Å². The van der Waals surface area contributed by atoms with Gasteiger partial charge in [0, 0.05) is 94.8 Å². The van der Waals surface area contributed by atoms with E-state index in [0.29, 0.717) is 36.2 Å². The monoisotopic (exact) mass is 936 g/mol. The molecule has 4 aromatic rings. The molecule has 4 saturated heterocycles. The molecule has 18 nitrogen and oxygen atoms in total. The number of rotatable bonds is 9. The second-order valence-corrected chi connectivity index (χ2v) is 20.8. The van der Waals surface area contributed by atoms with Crippen LogP contribution in [0.3, 0.4) is 0 Å². The number of hydrogen-bond acceptors (Lipinski definition) is 13. The lowest BCUT2D eigenvalue weighted by Gasteiger charge is -2.46. The second-order valence-electron chi connectivity index (χ2n) is 20.8. The van der Waals surface area contributed by atoms with Gasteiger partial charge in [-0.2, -0.15) is 0 Å². The van der Waals surface area contributed by atoms with Gasteiger partial charge in [0.05, 0.1) is 40.6 Å². The fraction of sp³-hybridized carbons (Fsp3) is 0.490. The molecular weight excluding hydrogens is 877 g/mol. The van der Waals surface area contributed by atoms with Crippen LogP contribution >= 0.6 is 0 Å². The molecule has 0 spiro atoms. The first-order valence-corrected chi connectivity index (χ1v) is 24.6. The molecule has 1 unspecified atom stereocenters. The van der Waals surface area contributed by atoms with Crippen molar-refractivity contribution in [2.24, 2.45) is 11.1 Å². The lowest BCUT2D eigenvalue weighted by atomic mass is 9.90. The molecule has 6 amide bonds. The van der Waals surface area contributed by atoms with Gasteiger partial charge in [0.2, 0.25) is 11.8 Å². The van der Waals surface area contributed by atoms with Crippen molar-refractivity contribution in [2.75, 3.05) is 72.4 Å². The first kappa shape index (κ1) is 44.7. The van der Waals surface area contributed by atoms with Gasteiger partial charge in [-0.3, -0.25) is 43.9 Å². The summed E-state index contributed by atoms with van der Waals surface area (Å²) in [5, 5.41) is 5.59. The summed E-state index contributed by atoms with van der Waals surface area (Å²) in [5.74, 6) is -1.95. The number of nitrogens with one attached hydrogen (secondary N) is 2. The molecule has 7 aliphatic rings. The van der Waals surface area contributed by atoms with Crippen LogP contribution in [0.15, 0.2) is 54.9 Å². The predicted molar refractivity (Wildman–Crippen MR) is 259 cm³/mol. The van der Waals surface area contributed by atoms with E-state index in [0.717, 1.165) is 112 Å². The van der Waals surface area contributed by atoms with E-state index in [1.165, 1.54) is 11.3 Å². The van der Waals surface area contributed by atoms with Crippen LogP contribution in [0.25, 0.3) is 0 Å². The van der Waals surface area contributed by atoms with Crippen molar-refractivity contribution in [1.29, 1.82) is 0 Å². The van der Waals surface area contributed by atoms with Crippen molar-refractivity contribution in [1.82, 2.24) is 34.6 Å². The Labute approximate surface area is 401 Å². The number of hydrogen-bond donors (Lipinski definition) is 3. The first-order valence-electron chi connectivity index (χ1n) is 24.6. The summed E-state index contributed by atoms with van der Waals surface area (Å²) < 4.78 is 2.27. The van der Waals surface area contributed by atoms with Gasteiger partial charge in [-0.25, -0.2) is 9.97 Å². The number of carbonyl (C=O) groups excluding carboxylic acids is 6. The van der Waals surface area contributed by atoms with Gasteiger partial charge in [-0.15, -0.1) is 0 Å². The summed E-state index contributed by atoms with van der Waals surface area (Å²) in [7, 11) is 0. The molecule has 360 valence electrons. The molecule has 0 saturated carbocycles. The van der Waals surface area contributed by atoms with Crippen LogP contribution in [0.2, 0.25) is 0 Å². The number of carbonyl (C=O) groups is 6. The SMILES string of the molecule is C[C@H]1CN(C2CCN(c3ccc4c(c3)C(=O)N(C3CCC(=O)NC3=O)C4=O)CC2)CCN1c1ccc(Nc2cc(N3CCC[C@H](N4CCn5c(cc6c5CC(C)(C)C6)C4=O)C3)cnc2C(N)=O)nc1. The average molecular weight is 937 g/mol. The molecule has 9 heterocycles. The van der Waals surface area contributed by atoms with Gasteiger partial charge in [0.25, 0.3) is 23.6 Å². The molecule has 11 rings (SSSR count). The smallest absolute Gasteiger partial charge is 0.270 e. The van der Waals surface area contributed by atoms with Crippen molar-refractivity contribution in [3.05, 3.63) is 88.6 Å². The van der Waals surface area contributed by atoms with Gasteiger partial charge in [-0.05, 0) is 105 Å². The topological polar surface area (TPSA) is 203 Å². The minimum absolute atomic E-state index is 0.0640. The van der Waals surface area contributed by atoms with E-state index in [1.807, 2.05) is 24.4 Å². The molecule has 3 aromatic heterocycles. The van der Waals surface area contributed by atoms with Gasteiger partial charge >= 0.3 is 0 Å². The maximum atomic E-state index is 13.9. The minimum Gasteiger partial charge on any atom is -0.371 e. The van der Waals surface area contributed by atoms with Crippen molar-refractivity contribution in [3.63, 3.8) is 0 Å². The van der Waals surface area contributed by atoms with E-state index in [-0.39, 0.29) is 47.5 Å². The highest BCUT2D eigenvalue weighted by Gasteiger charge is 2.45. The Morgan fingerprint density at radius 2 is 1.51 bits per heavy atom. The number of piperidine rings is 3. The van der Waals surface area contributed by atoms with Crippen LogP contribution in [0, 0.1) is 5.41 Å². The third kappa shape index (κ3) is 8.15. The number of nitrogens with two attached hydrogens (primary N) is 1. The summed E-state index contributed by atoms with van der Waals surface area (Å²) in [5.41, 5.74) is 13.5. The Bertz CT molecular complexity index is 2780. The van der Waals surface area contributed by atoms with Crippen LogP contribution in [-0.2, 0) is 29.0 Å². The predicted octanol–water partition coefficient (Wildman–Crippen LogP) is 3.95. The van der Waals surface area contributed by atoms with Crippen LogP contribution in [0.4, 0.5) is 28.6 Å². The van der Waals surface area contributed by atoms with Gasteiger partial charge in [-0.1, -0.05) is 13.8 Å². The molecule has 4 fully saturated rings. The molecule has 6 aliphatic heterocycles. The van der Waals surface area contributed by atoms with E-state index < -0.39 is 35.6 Å². The number of aromatic nitrogens is 3. The first-order chi connectivity index (χ1) is 33.2. The van der Waals surface area contributed by atoms with Crippen LogP contribution in [0.1, 0.15) is 112 Å². The second kappa shape index (κ2) is 17.3. The van der Waals surface area contributed by atoms with E-state index in [1.54, 1.807) is 18.3 Å². The Kier molecular flexibility index (Phi) is 11.2. The summed E-state index contributed by atoms with van der Waals surface area (Å²) in [6.07, 6.45) is 9.56. The molecule has 18 heteroatoms. The van der Waals surface area contributed by atoms with E-state index in [4.69, 9.17) is 10.7 Å². The van der Waals surface area contributed by atoms with E-state index >= 15 is 0 Å². The fourth-order valence-electron chi connectivity index (χ4n) is 12.3. The number of benzene rings is 1. The standard InChI is InChI=1S/C51H60N12O6/c1-30-28-59(32-12-15-57(16-13-32)33-6-8-37-38(22-33)49(68)63(48(37)67)40-9-11-44(64)56-47(40)66)17-18-60(30)34-7-10-43(53-26-34)55-39-23-36(27-54-45(39)46(52)65)58-14-4-5-35(29-58)61-19-20-62-41(50(61)69)21-31-24-51(2,3)25-42(31)62/h6-8,10,21-23,26-27,30,32,35,40H,4-5,9,11-20,24-25,28-29H2,1-3H3,(H2,52,65)(H,53,55)(H,56,64,66)/t30-,35-,40?/m0/s1. The highest BCUT2D eigenvalue weighted by atomic mass is 16.2. The Morgan fingerprint density at radius 1 is 0.739 bits per heavy atom. The Balaban J connectivity index is 0.691. The lowest BCUT2D eigenvalue weighted by molar-refractivity contribution is -0.136. The number of primary amides is 1. The van der Waals surface area contributed by atoms with Gasteiger partial charge in [0.15, 0.2) is 5.69 Å². The lowest BCUT2D eigenvalue weighted by Crippen LogP contribution is -2.57. The molecular formula is C51H60N12O6. The number of nitrogens with zero attached hydrogens (tertiary/aromatic N) is 9. The average Bonchev–Trinajstić information content (AvgIpc) is 3.93. The van der Waals surface area contributed by atoms with Crippen molar-refractivity contribution in [2.45, 2.75) is 103 Å². The highest BCUT2D eigenvalue weighted by molar-refractivity contribution is 6.23. The normalized spacial score (nSPS) is 24.1. The molecule has 0 bridgehead atoms. The van der Waals surface area contributed by atoms with Crippen LogP contribution in [0.5, 0.6) is 0 Å². The van der Waals surface area contributed by atoms with Crippen LogP contribution < -0.4 is 31.1 Å². The maximum Gasteiger partial charge on any atom is 0.270 e. The third-order valence-electron chi connectivity index (χ3n) is 15.7. The number of fused-ring (bicyclic) bond motifs is 4. The maximum absolute atomic E-state index is 13.9. The van der Waals surface area contributed by atoms with Crippen molar-refractivity contribution in [3.8, 4) is 0 Å². The minimum atomic E-state index is -0.987. The summed E-state index contributed by atoms with van der Waals surface area (Å²) in [6.45, 7) is 14.1. The number of piperazine rings is 1. The molecule has 3 atom stereocenters. The van der Waals surface area contributed by atoms with E-state index in [9.17, 15) is 28.8 Å². The number of pyridine rings is 2. The highest BCUT2D eigenvalue weighted by Crippen LogP contribution is 2.40. The number of amides is 6. The zero-order chi connectivity index (χ0) is 47.9. The largest absolute Gasteiger partial charge is 0.371 e. The van der Waals surface area contributed by atoms with Crippen molar-refractivity contribution >= 4 is 64.0 Å². The van der Waals surface area contributed by atoms with Gasteiger partial charge in [0.1, 0.15) is 17.6 Å². The summed E-state index contributed by atoms with van der Waals surface area (Å²) >= 11 is 0.